The molecule has 1 aromatic carbocycles. The zero-order valence-corrected chi connectivity index (χ0v) is 12.9. The van der Waals surface area contributed by atoms with E-state index in [-0.39, 0.29) is 5.91 Å². The summed E-state index contributed by atoms with van der Waals surface area (Å²) in [7, 11) is 0. The number of halogens is 1. The Morgan fingerprint density at radius 3 is 2.68 bits per heavy atom. The summed E-state index contributed by atoms with van der Waals surface area (Å²) in [5.74, 6) is 0.835. The normalized spacial score (nSPS) is 10.3. The molecule has 0 saturated heterocycles. The topological polar surface area (TPSA) is 54.3 Å². The first-order valence-corrected chi connectivity index (χ1v) is 6.99. The van der Waals surface area contributed by atoms with Gasteiger partial charge in [-0.1, -0.05) is 0 Å². The van der Waals surface area contributed by atoms with Crippen molar-refractivity contribution in [2.45, 2.75) is 20.4 Å². The molecule has 1 amide bonds. The van der Waals surface area contributed by atoms with E-state index < -0.39 is 0 Å². The largest absolute Gasteiger partial charge is 0.454 e. The fourth-order valence-electron chi connectivity index (χ4n) is 1.74. The predicted octanol–water partition coefficient (Wildman–Crippen LogP) is 3.76. The molecule has 0 aliphatic heterocycles. The van der Waals surface area contributed by atoms with Crippen LogP contribution in [0.3, 0.4) is 0 Å². The Balaban J connectivity index is 2.01. The molecule has 19 heavy (non-hydrogen) atoms. The second kappa shape index (κ2) is 6.10. The quantitative estimate of drug-likeness (QED) is 0.806. The van der Waals surface area contributed by atoms with E-state index in [1.165, 1.54) is 6.92 Å². The van der Waals surface area contributed by atoms with Crippen LogP contribution in [0.2, 0.25) is 0 Å². The summed E-state index contributed by atoms with van der Waals surface area (Å²) in [4.78, 5) is 11.0. The first-order valence-electron chi connectivity index (χ1n) is 5.91. The molecule has 0 fully saturated rings. The fourth-order valence-corrected chi connectivity index (χ4v) is 2.20. The van der Waals surface area contributed by atoms with Crippen molar-refractivity contribution in [3.8, 4) is 0 Å². The molecule has 5 heteroatoms. The van der Waals surface area contributed by atoms with Crippen molar-refractivity contribution in [2.24, 2.45) is 0 Å². The monoisotopic (exact) mass is 370 g/mol. The number of rotatable bonds is 4. The van der Waals surface area contributed by atoms with E-state index in [1.54, 1.807) is 0 Å². The zero-order chi connectivity index (χ0) is 13.8. The number of nitrogens with one attached hydrogen (secondary N) is 2. The molecule has 0 unspecified atom stereocenters. The Morgan fingerprint density at radius 2 is 2.11 bits per heavy atom. The highest BCUT2D eigenvalue weighted by atomic mass is 127. The maximum atomic E-state index is 11.0. The first-order chi connectivity index (χ1) is 9.04. The summed E-state index contributed by atoms with van der Waals surface area (Å²) < 4.78 is 6.36. The molecule has 4 nitrogen and oxygen atoms in total. The second-order valence-electron chi connectivity index (χ2n) is 4.27. The molecule has 2 aromatic rings. The third-order valence-corrected chi connectivity index (χ3v) is 3.21. The summed E-state index contributed by atoms with van der Waals surface area (Å²) >= 11 is 2.14. The van der Waals surface area contributed by atoms with Gasteiger partial charge in [0.2, 0.25) is 5.91 Å². The third-order valence-electron chi connectivity index (χ3n) is 2.63. The van der Waals surface area contributed by atoms with Crippen LogP contribution in [-0.2, 0) is 11.3 Å². The van der Waals surface area contributed by atoms with E-state index in [4.69, 9.17) is 4.42 Å². The van der Waals surface area contributed by atoms with Gasteiger partial charge in [0.25, 0.3) is 0 Å². The maximum Gasteiger partial charge on any atom is 0.221 e. The zero-order valence-electron chi connectivity index (χ0n) is 10.8. The first kappa shape index (κ1) is 13.9. The Morgan fingerprint density at radius 1 is 1.32 bits per heavy atom. The van der Waals surface area contributed by atoms with Crippen molar-refractivity contribution >= 4 is 39.9 Å². The lowest BCUT2D eigenvalue weighted by molar-refractivity contribution is -0.114. The lowest BCUT2D eigenvalue weighted by Gasteiger charge is -2.10. The SMILES string of the molecule is CC(=O)Nc1ccc(NCc2ccc(I)o2)cc1C. The molecular weight excluding hydrogens is 355 g/mol. The van der Waals surface area contributed by atoms with Crippen LogP contribution in [0.25, 0.3) is 0 Å². The van der Waals surface area contributed by atoms with E-state index in [1.807, 2.05) is 37.3 Å². The smallest absolute Gasteiger partial charge is 0.221 e. The van der Waals surface area contributed by atoms with Gasteiger partial charge in [-0.25, -0.2) is 0 Å². The van der Waals surface area contributed by atoms with Crippen LogP contribution in [0.5, 0.6) is 0 Å². The minimum Gasteiger partial charge on any atom is -0.454 e. The average molecular weight is 370 g/mol. The number of amides is 1. The van der Waals surface area contributed by atoms with Gasteiger partial charge in [-0.15, -0.1) is 0 Å². The third kappa shape index (κ3) is 3.99. The second-order valence-corrected chi connectivity index (χ2v) is 5.33. The van der Waals surface area contributed by atoms with E-state index in [0.717, 1.165) is 26.5 Å². The molecule has 1 heterocycles. The highest BCUT2D eigenvalue weighted by molar-refractivity contribution is 14.1. The Kier molecular flexibility index (Phi) is 4.47. The minimum atomic E-state index is -0.0611. The number of carbonyl (C=O) groups excluding carboxylic acids is 1. The number of furan rings is 1. The molecule has 0 aliphatic rings. The van der Waals surface area contributed by atoms with Gasteiger partial charge < -0.3 is 15.1 Å². The molecule has 0 atom stereocenters. The molecule has 100 valence electrons. The molecule has 0 spiro atoms. The van der Waals surface area contributed by atoms with Gasteiger partial charge in [0.1, 0.15) is 5.76 Å². The van der Waals surface area contributed by atoms with Crippen LogP contribution in [0.15, 0.2) is 34.7 Å². The van der Waals surface area contributed by atoms with Gasteiger partial charge in [0, 0.05) is 18.3 Å². The lowest BCUT2D eigenvalue weighted by Crippen LogP contribution is -2.07. The number of aryl methyl sites for hydroxylation is 1. The van der Waals surface area contributed by atoms with Crippen molar-refractivity contribution in [1.82, 2.24) is 0 Å². The summed E-state index contributed by atoms with van der Waals surface area (Å²) in [6.45, 7) is 4.11. The van der Waals surface area contributed by atoms with Crippen LogP contribution in [0.1, 0.15) is 18.2 Å². The van der Waals surface area contributed by atoms with Crippen molar-refractivity contribution in [3.05, 3.63) is 45.4 Å². The molecule has 0 aliphatic carbocycles. The van der Waals surface area contributed by atoms with Gasteiger partial charge in [-0.05, 0) is 65.4 Å². The van der Waals surface area contributed by atoms with Crippen LogP contribution >= 0.6 is 22.6 Å². The molecule has 2 rings (SSSR count). The van der Waals surface area contributed by atoms with Gasteiger partial charge in [0.15, 0.2) is 3.77 Å². The van der Waals surface area contributed by atoms with E-state index >= 15 is 0 Å². The molecule has 1 aromatic heterocycles. The number of hydrogen-bond donors (Lipinski definition) is 2. The number of carbonyl (C=O) groups is 1. The molecule has 0 saturated carbocycles. The molecule has 2 N–H and O–H groups in total. The highest BCUT2D eigenvalue weighted by Gasteiger charge is 2.03. The lowest BCUT2D eigenvalue weighted by atomic mass is 10.1. The number of benzene rings is 1. The standard InChI is InChI=1S/C14H15IN2O2/c1-9-7-11(3-5-13(9)17-10(2)18)16-8-12-4-6-14(15)19-12/h3-7,16H,8H2,1-2H3,(H,17,18). The van der Waals surface area contributed by atoms with Crippen molar-refractivity contribution in [2.75, 3.05) is 10.6 Å². The Hall–Kier alpha value is -1.50. The van der Waals surface area contributed by atoms with Gasteiger partial charge in [-0.2, -0.15) is 0 Å². The number of anilines is 2. The van der Waals surface area contributed by atoms with Crippen molar-refractivity contribution in [3.63, 3.8) is 0 Å². The molecule has 0 radical (unpaired) electrons. The summed E-state index contributed by atoms with van der Waals surface area (Å²) in [5.41, 5.74) is 2.86. The summed E-state index contributed by atoms with van der Waals surface area (Å²) in [6, 6.07) is 9.71. The Labute approximate surface area is 125 Å². The van der Waals surface area contributed by atoms with Crippen molar-refractivity contribution in [1.29, 1.82) is 0 Å². The fraction of sp³-hybridized carbons (Fsp3) is 0.214. The molecular formula is C14H15IN2O2. The van der Waals surface area contributed by atoms with Gasteiger partial charge >= 0.3 is 0 Å². The van der Waals surface area contributed by atoms with E-state index in [2.05, 4.69) is 33.2 Å². The predicted molar refractivity (Wildman–Crippen MR) is 84.2 cm³/mol. The molecule has 0 bridgehead atoms. The van der Waals surface area contributed by atoms with Gasteiger partial charge in [-0.3, -0.25) is 4.79 Å². The maximum absolute atomic E-state index is 11.0. The van der Waals surface area contributed by atoms with Crippen LogP contribution in [-0.4, -0.2) is 5.91 Å². The van der Waals surface area contributed by atoms with Crippen molar-refractivity contribution < 1.29 is 9.21 Å². The van der Waals surface area contributed by atoms with E-state index in [0.29, 0.717) is 6.54 Å². The van der Waals surface area contributed by atoms with Crippen LogP contribution in [0, 0.1) is 10.7 Å². The van der Waals surface area contributed by atoms with E-state index in [9.17, 15) is 4.79 Å². The van der Waals surface area contributed by atoms with Crippen LogP contribution in [0.4, 0.5) is 11.4 Å². The van der Waals surface area contributed by atoms with Crippen LogP contribution < -0.4 is 10.6 Å². The van der Waals surface area contributed by atoms with Gasteiger partial charge in [0.05, 0.1) is 6.54 Å². The average Bonchev–Trinajstić information content (AvgIpc) is 2.75. The summed E-state index contributed by atoms with van der Waals surface area (Å²) in [6.07, 6.45) is 0. The number of hydrogen-bond acceptors (Lipinski definition) is 3. The summed E-state index contributed by atoms with van der Waals surface area (Å²) in [5, 5.41) is 6.08. The minimum absolute atomic E-state index is 0.0611. The Bertz CT molecular complexity index is 593. The highest BCUT2D eigenvalue weighted by Crippen LogP contribution is 2.20.